The van der Waals surface area contributed by atoms with E-state index in [1.807, 2.05) is 0 Å². The van der Waals surface area contributed by atoms with Crippen LogP contribution >= 0.6 is 0 Å². The fourth-order valence-electron chi connectivity index (χ4n) is 1.58. The van der Waals surface area contributed by atoms with Gasteiger partial charge in [0.05, 0.1) is 11.8 Å². The third-order valence-corrected chi connectivity index (χ3v) is 2.60. The number of aromatic carboxylic acids is 1. The molecule has 0 spiro atoms. The zero-order chi connectivity index (χ0) is 14.0. The lowest BCUT2D eigenvalue weighted by Gasteiger charge is -2.11. The maximum absolute atomic E-state index is 11.2. The molecular weight excluding hydrogens is 252 g/mol. The quantitative estimate of drug-likeness (QED) is 0.765. The highest BCUT2D eigenvalue weighted by Crippen LogP contribution is 2.26. The van der Waals surface area contributed by atoms with Crippen LogP contribution in [0.2, 0.25) is 0 Å². The maximum Gasteiger partial charge on any atom is 0.335 e. The van der Waals surface area contributed by atoms with E-state index in [0.717, 1.165) is 12.3 Å². The molecule has 0 bridgehead atoms. The van der Waals surface area contributed by atoms with Gasteiger partial charge in [-0.3, -0.25) is 4.79 Å². The highest BCUT2D eigenvalue weighted by Gasteiger charge is 2.19. The van der Waals surface area contributed by atoms with E-state index in [0.29, 0.717) is 5.56 Å². The second kappa shape index (κ2) is 4.95. The van der Waals surface area contributed by atoms with Gasteiger partial charge in [0, 0.05) is 6.07 Å². The largest absolute Gasteiger partial charge is 0.502 e. The Morgan fingerprint density at radius 2 is 1.79 bits per heavy atom. The van der Waals surface area contributed by atoms with Crippen molar-refractivity contribution in [3.63, 3.8) is 0 Å². The minimum Gasteiger partial charge on any atom is -0.502 e. The van der Waals surface area contributed by atoms with Gasteiger partial charge < -0.3 is 19.7 Å². The third-order valence-electron chi connectivity index (χ3n) is 2.60. The Morgan fingerprint density at radius 1 is 1.16 bits per heavy atom. The van der Waals surface area contributed by atoms with Gasteiger partial charge in [-0.1, -0.05) is 12.1 Å². The average Bonchev–Trinajstić information content (AvgIpc) is 2.41. The minimum absolute atomic E-state index is 0.0645. The molecule has 3 N–H and O–H groups in total. The van der Waals surface area contributed by atoms with Crippen molar-refractivity contribution < 1.29 is 24.5 Å². The first-order valence-corrected chi connectivity index (χ1v) is 5.32. The molecule has 98 valence electrons. The number of carboxylic acid groups (broad SMARTS) is 1. The number of aliphatic hydroxyl groups is 1. The van der Waals surface area contributed by atoms with E-state index in [4.69, 9.17) is 9.52 Å². The van der Waals surface area contributed by atoms with Crippen LogP contribution in [-0.2, 0) is 0 Å². The summed E-state index contributed by atoms with van der Waals surface area (Å²) in [6.45, 7) is 0. The summed E-state index contributed by atoms with van der Waals surface area (Å²) in [5, 5.41) is 28.2. The Labute approximate surface area is 107 Å². The van der Waals surface area contributed by atoms with Crippen molar-refractivity contribution in [2.45, 2.75) is 6.10 Å². The van der Waals surface area contributed by atoms with E-state index in [9.17, 15) is 19.8 Å². The van der Waals surface area contributed by atoms with E-state index in [1.165, 1.54) is 24.3 Å². The van der Waals surface area contributed by atoms with Crippen LogP contribution in [0.15, 0.2) is 45.8 Å². The minimum atomic E-state index is -1.35. The molecular formula is C13H10O6. The fourth-order valence-corrected chi connectivity index (χ4v) is 1.58. The standard InChI is InChI=1S/C13H10O6/c14-9-5-6-19-12(11(9)16)10(15)7-1-3-8(4-2-7)13(17)18/h1-6,10,15-16H,(H,17,18). The van der Waals surface area contributed by atoms with Crippen LogP contribution in [0.1, 0.15) is 27.8 Å². The summed E-state index contributed by atoms with van der Waals surface area (Å²) in [5.41, 5.74) is -0.299. The molecule has 0 fully saturated rings. The summed E-state index contributed by atoms with van der Waals surface area (Å²) in [5.74, 6) is -2.04. The molecule has 0 amide bonds. The molecule has 19 heavy (non-hydrogen) atoms. The zero-order valence-electron chi connectivity index (χ0n) is 9.61. The monoisotopic (exact) mass is 262 g/mol. The number of hydrogen-bond donors (Lipinski definition) is 3. The van der Waals surface area contributed by atoms with E-state index in [-0.39, 0.29) is 11.3 Å². The first-order chi connectivity index (χ1) is 9.00. The highest BCUT2D eigenvalue weighted by molar-refractivity contribution is 5.87. The molecule has 0 aliphatic heterocycles. The van der Waals surface area contributed by atoms with Crippen LogP contribution in [0, 0.1) is 0 Å². The lowest BCUT2D eigenvalue weighted by atomic mass is 10.0. The first kappa shape index (κ1) is 12.8. The molecule has 0 aliphatic rings. The molecule has 1 unspecified atom stereocenters. The molecule has 1 atom stereocenters. The second-order valence-electron chi connectivity index (χ2n) is 3.83. The van der Waals surface area contributed by atoms with E-state index in [2.05, 4.69) is 0 Å². The summed E-state index contributed by atoms with van der Waals surface area (Å²) < 4.78 is 4.92. The van der Waals surface area contributed by atoms with Crippen molar-refractivity contribution in [3.05, 3.63) is 63.7 Å². The number of aromatic hydroxyl groups is 1. The Hall–Kier alpha value is -2.60. The molecule has 0 saturated heterocycles. The van der Waals surface area contributed by atoms with Crippen LogP contribution < -0.4 is 5.43 Å². The summed E-state index contributed by atoms with van der Waals surface area (Å²) in [4.78, 5) is 21.9. The van der Waals surface area contributed by atoms with Crippen LogP contribution in [-0.4, -0.2) is 21.3 Å². The molecule has 6 heteroatoms. The predicted octanol–water partition coefficient (Wildman–Crippen LogP) is 1.13. The van der Waals surface area contributed by atoms with Crippen LogP contribution in [0.3, 0.4) is 0 Å². The fraction of sp³-hybridized carbons (Fsp3) is 0.0769. The molecule has 0 aliphatic carbocycles. The van der Waals surface area contributed by atoms with E-state index < -0.39 is 23.3 Å². The number of aliphatic hydroxyl groups excluding tert-OH is 1. The normalized spacial score (nSPS) is 12.1. The number of carbonyl (C=O) groups is 1. The van der Waals surface area contributed by atoms with Crippen molar-refractivity contribution in [2.24, 2.45) is 0 Å². The zero-order valence-corrected chi connectivity index (χ0v) is 9.61. The van der Waals surface area contributed by atoms with Crippen LogP contribution in [0.25, 0.3) is 0 Å². The lowest BCUT2D eigenvalue weighted by molar-refractivity contribution is 0.0696. The average molecular weight is 262 g/mol. The third kappa shape index (κ3) is 2.48. The highest BCUT2D eigenvalue weighted by atomic mass is 16.4. The van der Waals surface area contributed by atoms with Gasteiger partial charge in [0.25, 0.3) is 0 Å². The summed E-state index contributed by atoms with van der Waals surface area (Å²) in [6.07, 6.45) is -0.289. The van der Waals surface area contributed by atoms with Crippen LogP contribution in [0.5, 0.6) is 5.75 Å². The molecule has 1 heterocycles. The summed E-state index contributed by atoms with van der Waals surface area (Å²) in [6, 6.07) is 6.39. The Morgan fingerprint density at radius 3 is 2.37 bits per heavy atom. The number of rotatable bonds is 3. The van der Waals surface area contributed by atoms with Gasteiger partial charge >= 0.3 is 5.97 Å². The Bertz CT molecular complexity index is 656. The van der Waals surface area contributed by atoms with Gasteiger partial charge in [0.15, 0.2) is 5.76 Å². The Kier molecular flexibility index (Phi) is 3.35. The van der Waals surface area contributed by atoms with Crippen molar-refractivity contribution in [2.75, 3.05) is 0 Å². The number of hydrogen-bond acceptors (Lipinski definition) is 5. The van der Waals surface area contributed by atoms with Gasteiger partial charge in [-0.2, -0.15) is 0 Å². The van der Waals surface area contributed by atoms with Gasteiger partial charge in [-0.05, 0) is 17.7 Å². The first-order valence-electron chi connectivity index (χ1n) is 5.32. The molecule has 2 rings (SSSR count). The molecule has 0 radical (unpaired) electrons. The number of benzene rings is 1. The van der Waals surface area contributed by atoms with Crippen molar-refractivity contribution in [1.29, 1.82) is 0 Å². The van der Waals surface area contributed by atoms with Gasteiger partial charge in [-0.25, -0.2) is 4.79 Å². The smallest absolute Gasteiger partial charge is 0.335 e. The Balaban J connectivity index is 2.38. The number of carboxylic acids is 1. The molecule has 0 saturated carbocycles. The summed E-state index contributed by atoms with van der Waals surface area (Å²) >= 11 is 0. The SMILES string of the molecule is O=C(O)c1ccc(C(O)c2occc(=O)c2O)cc1. The van der Waals surface area contributed by atoms with Crippen LogP contribution in [0.4, 0.5) is 0 Å². The topological polar surface area (TPSA) is 108 Å². The van der Waals surface area contributed by atoms with E-state index in [1.54, 1.807) is 0 Å². The van der Waals surface area contributed by atoms with E-state index >= 15 is 0 Å². The molecule has 1 aromatic heterocycles. The molecule has 1 aromatic carbocycles. The van der Waals surface area contributed by atoms with Crippen molar-refractivity contribution >= 4 is 5.97 Å². The van der Waals surface area contributed by atoms with Gasteiger partial charge in [0.1, 0.15) is 6.10 Å². The second-order valence-corrected chi connectivity index (χ2v) is 3.83. The molecule has 6 nitrogen and oxygen atoms in total. The lowest BCUT2D eigenvalue weighted by Crippen LogP contribution is -2.07. The van der Waals surface area contributed by atoms with Crippen molar-refractivity contribution in [1.82, 2.24) is 0 Å². The van der Waals surface area contributed by atoms with Crippen molar-refractivity contribution in [3.8, 4) is 5.75 Å². The molecule has 2 aromatic rings. The predicted molar refractivity (Wildman–Crippen MR) is 64.1 cm³/mol. The van der Waals surface area contributed by atoms with Gasteiger partial charge in [0.2, 0.25) is 11.2 Å². The van der Waals surface area contributed by atoms with Gasteiger partial charge in [-0.15, -0.1) is 0 Å². The summed E-state index contributed by atoms with van der Waals surface area (Å²) in [7, 11) is 0. The maximum atomic E-state index is 11.2.